The van der Waals surface area contributed by atoms with Gasteiger partial charge >= 0.3 is 6.03 Å². The molecule has 8 nitrogen and oxygen atoms in total. The van der Waals surface area contributed by atoms with Crippen LogP contribution in [0.3, 0.4) is 0 Å². The first-order chi connectivity index (χ1) is 12.2. The molecular formula is C16H25N3O5S2. The lowest BCUT2D eigenvalue weighted by molar-refractivity contribution is 0.239. The predicted octanol–water partition coefficient (Wildman–Crippen LogP) is 0.397. The van der Waals surface area contributed by atoms with E-state index in [4.69, 9.17) is 0 Å². The van der Waals surface area contributed by atoms with Gasteiger partial charge < -0.3 is 10.6 Å². The molecule has 1 unspecified atom stereocenters. The van der Waals surface area contributed by atoms with Crippen LogP contribution in [0.2, 0.25) is 0 Å². The van der Waals surface area contributed by atoms with Crippen molar-refractivity contribution < 1.29 is 21.6 Å². The van der Waals surface area contributed by atoms with E-state index in [-0.39, 0.29) is 34.9 Å². The lowest BCUT2D eigenvalue weighted by Crippen LogP contribution is -2.39. The molecule has 1 aromatic rings. The number of aryl methyl sites for hydroxylation is 1. The lowest BCUT2D eigenvalue weighted by atomic mass is 10.1. The van der Waals surface area contributed by atoms with Crippen molar-refractivity contribution in [3.8, 4) is 0 Å². The Morgan fingerprint density at radius 2 is 1.85 bits per heavy atom. The molecule has 1 aromatic carbocycles. The van der Waals surface area contributed by atoms with Gasteiger partial charge in [-0.1, -0.05) is 17.7 Å². The maximum Gasteiger partial charge on any atom is 0.314 e. The molecule has 2 rings (SSSR count). The summed E-state index contributed by atoms with van der Waals surface area (Å²) in [5, 5.41) is 5.27. The molecule has 26 heavy (non-hydrogen) atoms. The minimum Gasteiger partial charge on any atom is -0.338 e. The van der Waals surface area contributed by atoms with Crippen LogP contribution in [0.25, 0.3) is 0 Å². The number of sulfone groups is 1. The van der Waals surface area contributed by atoms with Gasteiger partial charge in [0.15, 0.2) is 9.84 Å². The van der Waals surface area contributed by atoms with E-state index >= 15 is 0 Å². The Kier molecular flexibility index (Phi) is 7.01. The fraction of sp³-hybridized carbons (Fsp3) is 0.562. The van der Waals surface area contributed by atoms with E-state index in [2.05, 4.69) is 15.4 Å². The van der Waals surface area contributed by atoms with Gasteiger partial charge in [-0.3, -0.25) is 0 Å². The molecule has 1 heterocycles. The SMILES string of the molecule is Cc1ccc(S(=O)(=O)NCCCNC(=O)NCC2CCS(=O)(=O)C2)cc1. The summed E-state index contributed by atoms with van der Waals surface area (Å²) in [7, 11) is -6.49. The smallest absolute Gasteiger partial charge is 0.314 e. The Balaban J connectivity index is 1.61. The summed E-state index contributed by atoms with van der Waals surface area (Å²) in [6.45, 7) is 2.72. The number of benzene rings is 1. The monoisotopic (exact) mass is 403 g/mol. The molecule has 3 N–H and O–H groups in total. The minimum absolute atomic E-state index is 0.0351. The van der Waals surface area contributed by atoms with E-state index in [1.54, 1.807) is 24.3 Å². The fourth-order valence-corrected chi connectivity index (χ4v) is 5.57. The van der Waals surface area contributed by atoms with E-state index in [9.17, 15) is 21.6 Å². The Morgan fingerprint density at radius 3 is 2.46 bits per heavy atom. The number of carbonyl (C=O) groups excluding carboxylic acids is 1. The lowest BCUT2D eigenvalue weighted by Gasteiger charge is -2.11. The van der Waals surface area contributed by atoms with Crippen molar-refractivity contribution in [1.29, 1.82) is 0 Å². The molecule has 10 heteroatoms. The molecule has 0 aliphatic carbocycles. The number of amides is 2. The Morgan fingerprint density at radius 1 is 1.15 bits per heavy atom. The molecule has 1 aliphatic heterocycles. The summed E-state index contributed by atoms with van der Waals surface area (Å²) in [6.07, 6.45) is 1.01. The van der Waals surface area contributed by atoms with Gasteiger partial charge in [0.25, 0.3) is 0 Å². The van der Waals surface area contributed by atoms with Crippen LogP contribution < -0.4 is 15.4 Å². The van der Waals surface area contributed by atoms with Gasteiger partial charge in [0.1, 0.15) is 0 Å². The third kappa shape index (κ3) is 6.58. The maximum atomic E-state index is 12.1. The Labute approximate surface area is 154 Å². The van der Waals surface area contributed by atoms with Crippen LogP contribution in [0, 0.1) is 12.8 Å². The van der Waals surface area contributed by atoms with Gasteiger partial charge in [-0.15, -0.1) is 0 Å². The van der Waals surface area contributed by atoms with Crippen molar-refractivity contribution in [3.63, 3.8) is 0 Å². The molecular weight excluding hydrogens is 378 g/mol. The number of urea groups is 1. The number of rotatable bonds is 8. The van der Waals surface area contributed by atoms with Gasteiger partial charge in [-0.25, -0.2) is 26.4 Å². The van der Waals surface area contributed by atoms with Crippen LogP contribution in [0.4, 0.5) is 4.79 Å². The third-order valence-electron chi connectivity index (χ3n) is 4.14. The quantitative estimate of drug-likeness (QED) is 0.543. The molecule has 0 radical (unpaired) electrons. The van der Waals surface area contributed by atoms with Crippen LogP contribution >= 0.6 is 0 Å². The van der Waals surface area contributed by atoms with Crippen molar-refractivity contribution in [1.82, 2.24) is 15.4 Å². The molecule has 0 bridgehead atoms. The zero-order valence-electron chi connectivity index (χ0n) is 14.7. The standard InChI is InChI=1S/C16H25N3O5S2/c1-13-3-5-15(6-4-13)26(23,24)19-9-2-8-17-16(20)18-11-14-7-10-25(21,22)12-14/h3-6,14,19H,2,7-12H2,1H3,(H2,17,18,20). The topological polar surface area (TPSA) is 121 Å². The van der Waals surface area contributed by atoms with Gasteiger partial charge in [-0.2, -0.15) is 0 Å². The van der Waals surface area contributed by atoms with Crippen LogP contribution in [0.1, 0.15) is 18.4 Å². The summed E-state index contributed by atoms with van der Waals surface area (Å²) in [4.78, 5) is 11.9. The van der Waals surface area contributed by atoms with Gasteiger partial charge in [-0.05, 0) is 37.8 Å². The molecule has 1 aliphatic rings. The summed E-state index contributed by atoms with van der Waals surface area (Å²) in [6, 6.07) is 6.18. The Bertz CT molecular complexity index is 820. The highest BCUT2D eigenvalue weighted by Gasteiger charge is 2.27. The molecule has 1 atom stereocenters. The number of hydrogen-bond donors (Lipinski definition) is 3. The largest absolute Gasteiger partial charge is 0.338 e. The summed E-state index contributed by atoms with van der Waals surface area (Å²) in [5.41, 5.74) is 0.981. The van der Waals surface area contributed by atoms with Gasteiger partial charge in [0, 0.05) is 19.6 Å². The number of carbonyl (C=O) groups is 1. The first-order valence-electron chi connectivity index (χ1n) is 8.46. The van der Waals surface area contributed by atoms with E-state index in [0.29, 0.717) is 25.9 Å². The van der Waals surface area contributed by atoms with Crippen LogP contribution in [-0.4, -0.2) is 54.0 Å². The normalized spacial score (nSPS) is 19.2. The van der Waals surface area contributed by atoms with Crippen molar-refractivity contribution >= 4 is 25.9 Å². The molecule has 1 saturated heterocycles. The minimum atomic E-state index is -3.55. The first kappa shape index (κ1) is 20.7. The number of nitrogens with one attached hydrogen (secondary N) is 3. The fourth-order valence-electron chi connectivity index (χ4n) is 2.63. The van der Waals surface area contributed by atoms with E-state index in [1.807, 2.05) is 6.92 Å². The highest BCUT2D eigenvalue weighted by Crippen LogP contribution is 2.17. The van der Waals surface area contributed by atoms with Gasteiger partial charge in [0.05, 0.1) is 16.4 Å². The number of hydrogen-bond acceptors (Lipinski definition) is 5. The second-order valence-corrected chi connectivity index (χ2v) is 10.5. The average molecular weight is 404 g/mol. The molecule has 146 valence electrons. The van der Waals surface area contributed by atoms with Crippen molar-refractivity contribution in [3.05, 3.63) is 29.8 Å². The van der Waals surface area contributed by atoms with Crippen molar-refractivity contribution in [2.45, 2.75) is 24.7 Å². The number of sulfonamides is 1. The third-order valence-corrected chi connectivity index (χ3v) is 7.45. The summed E-state index contributed by atoms with van der Waals surface area (Å²) < 4.78 is 49.3. The average Bonchev–Trinajstić information content (AvgIpc) is 2.92. The highest BCUT2D eigenvalue weighted by molar-refractivity contribution is 7.91. The zero-order chi connectivity index (χ0) is 19.2. The van der Waals surface area contributed by atoms with E-state index in [1.165, 1.54) is 0 Å². The van der Waals surface area contributed by atoms with Gasteiger partial charge in [0.2, 0.25) is 10.0 Å². The molecule has 0 saturated carbocycles. The maximum absolute atomic E-state index is 12.1. The summed E-state index contributed by atoms with van der Waals surface area (Å²) >= 11 is 0. The molecule has 0 spiro atoms. The van der Waals surface area contributed by atoms with Crippen LogP contribution in [-0.2, 0) is 19.9 Å². The van der Waals surface area contributed by atoms with Crippen molar-refractivity contribution in [2.24, 2.45) is 5.92 Å². The summed E-state index contributed by atoms with van der Waals surface area (Å²) in [5.74, 6) is 0.267. The van der Waals surface area contributed by atoms with E-state index in [0.717, 1.165) is 5.56 Å². The Hall–Kier alpha value is -1.65. The molecule has 2 amide bonds. The first-order valence-corrected chi connectivity index (χ1v) is 11.8. The van der Waals surface area contributed by atoms with E-state index < -0.39 is 19.9 Å². The predicted molar refractivity (Wildman–Crippen MR) is 99.1 cm³/mol. The molecule has 0 aromatic heterocycles. The van der Waals surface area contributed by atoms with Crippen LogP contribution in [0.5, 0.6) is 0 Å². The second kappa shape index (κ2) is 8.83. The second-order valence-electron chi connectivity index (χ2n) is 6.47. The zero-order valence-corrected chi connectivity index (χ0v) is 16.3. The highest BCUT2D eigenvalue weighted by atomic mass is 32.2. The van der Waals surface area contributed by atoms with Crippen molar-refractivity contribution in [2.75, 3.05) is 31.1 Å². The molecule has 1 fully saturated rings. The van der Waals surface area contributed by atoms with Crippen LogP contribution in [0.15, 0.2) is 29.2 Å².